The van der Waals surface area contributed by atoms with Crippen molar-refractivity contribution in [1.29, 1.82) is 0 Å². The average molecular weight is 951 g/mol. The first kappa shape index (κ1) is 41.7. The summed E-state index contributed by atoms with van der Waals surface area (Å²) in [5.41, 5.74) is 25.3. The first-order valence-electron chi connectivity index (χ1n) is 25.8. The Morgan fingerprint density at radius 3 is 1.00 bits per heavy atom. The molecule has 3 aromatic heterocycles. The van der Waals surface area contributed by atoms with Gasteiger partial charge in [-0.1, -0.05) is 206 Å². The third kappa shape index (κ3) is 6.44. The quantitative estimate of drug-likeness (QED) is 0.149. The molecule has 346 valence electrons. The summed E-state index contributed by atoms with van der Waals surface area (Å²) in [5, 5.41) is 4.91. The van der Waals surface area contributed by atoms with Gasteiger partial charge in [-0.15, -0.1) is 0 Å². The monoisotopic (exact) mass is 950 g/mol. The second-order valence-corrected chi connectivity index (χ2v) is 20.1. The predicted molar refractivity (Wildman–Crippen MR) is 313 cm³/mol. The van der Waals surface area contributed by atoms with Crippen molar-refractivity contribution in [3.8, 4) is 89.8 Å². The van der Waals surface area contributed by atoms with Crippen LogP contribution in [0.5, 0.6) is 0 Å². The van der Waals surface area contributed by atoms with E-state index in [4.69, 9.17) is 9.97 Å². The van der Waals surface area contributed by atoms with Crippen LogP contribution in [-0.2, 0) is 0 Å². The molecule has 0 atom stereocenters. The smallest absolute Gasteiger partial charge is 0.252 e. The van der Waals surface area contributed by atoms with Gasteiger partial charge in [-0.2, -0.15) is 0 Å². The van der Waals surface area contributed by atoms with Crippen molar-refractivity contribution in [3.05, 3.63) is 261 Å². The lowest BCUT2D eigenvalue weighted by atomic mass is 9.34. The van der Waals surface area contributed by atoms with Gasteiger partial charge in [0.15, 0.2) is 5.82 Å². The van der Waals surface area contributed by atoms with E-state index >= 15 is 0 Å². The van der Waals surface area contributed by atoms with Crippen LogP contribution in [0.25, 0.3) is 133 Å². The molecule has 4 nitrogen and oxygen atoms in total. The molecule has 5 heteroatoms. The lowest BCUT2D eigenvalue weighted by Crippen LogP contribution is -2.59. The minimum Gasteiger partial charge on any atom is -0.310 e. The van der Waals surface area contributed by atoms with Crippen molar-refractivity contribution in [2.45, 2.75) is 0 Å². The van der Waals surface area contributed by atoms with Gasteiger partial charge in [-0.25, -0.2) is 9.97 Å². The van der Waals surface area contributed by atoms with E-state index in [0.717, 1.165) is 50.5 Å². The molecule has 2 aliphatic heterocycles. The largest absolute Gasteiger partial charge is 0.310 e. The maximum absolute atomic E-state index is 5.50. The number of hydrogen-bond acceptors (Lipinski definition) is 2. The van der Waals surface area contributed by atoms with Crippen molar-refractivity contribution >= 4 is 66.7 Å². The summed E-state index contributed by atoms with van der Waals surface area (Å²) in [7, 11) is 0. The van der Waals surface area contributed by atoms with Crippen LogP contribution < -0.4 is 16.4 Å². The van der Waals surface area contributed by atoms with Crippen molar-refractivity contribution in [2.75, 3.05) is 0 Å². The Labute approximate surface area is 434 Å². The molecular formula is C70H43BN4. The molecule has 0 spiro atoms. The Hall–Kier alpha value is -9.84. The third-order valence-corrected chi connectivity index (χ3v) is 15.9. The fourth-order valence-electron chi connectivity index (χ4n) is 12.5. The normalized spacial score (nSPS) is 12.2. The molecule has 16 rings (SSSR count). The van der Waals surface area contributed by atoms with Crippen LogP contribution >= 0.6 is 0 Å². The Morgan fingerprint density at radius 1 is 0.267 bits per heavy atom. The van der Waals surface area contributed by atoms with Gasteiger partial charge in [0, 0.05) is 60.6 Å². The van der Waals surface area contributed by atoms with E-state index in [1.165, 1.54) is 93.5 Å². The maximum Gasteiger partial charge on any atom is 0.252 e. The number of aromatic nitrogens is 4. The fourth-order valence-corrected chi connectivity index (χ4v) is 12.5. The van der Waals surface area contributed by atoms with Gasteiger partial charge in [-0.05, 0) is 115 Å². The van der Waals surface area contributed by atoms with E-state index in [2.05, 4.69) is 270 Å². The highest BCUT2D eigenvalue weighted by molar-refractivity contribution is 7.00. The first-order valence-corrected chi connectivity index (χ1v) is 25.8. The molecular weight excluding hydrogens is 908 g/mol. The highest BCUT2D eigenvalue weighted by Gasteiger charge is 2.42. The van der Waals surface area contributed by atoms with Crippen LogP contribution in [0.3, 0.4) is 0 Å². The molecule has 5 heterocycles. The number of hydrogen-bond donors (Lipinski definition) is 0. The first-order chi connectivity index (χ1) is 37.2. The van der Waals surface area contributed by atoms with Crippen LogP contribution in [0.4, 0.5) is 0 Å². The number of nitrogens with zero attached hydrogens (tertiary/aromatic N) is 4. The van der Waals surface area contributed by atoms with Gasteiger partial charge in [0.05, 0.1) is 22.4 Å². The average Bonchev–Trinajstić information content (AvgIpc) is 4.04. The van der Waals surface area contributed by atoms with Gasteiger partial charge < -0.3 is 9.13 Å². The lowest BCUT2D eigenvalue weighted by Gasteiger charge is -2.34. The number of rotatable bonds is 7. The minimum atomic E-state index is -0.117. The van der Waals surface area contributed by atoms with Crippen LogP contribution in [0, 0.1) is 0 Å². The lowest BCUT2D eigenvalue weighted by molar-refractivity contribution is 1.13. The molecule has 75 heavy (non-hydrogen) atoms. The number of benzene rings is 11. The standard InChI is InChI=1S/C70H43BN4/c1-7-19-44(20-8-1)50-31-33-63-55(35-50)57-37-52(46-23-11-3-12-24-46)39-59-68(57)74(63)65-41-54(70-72-61(48-27-15-5-16-28-48)43-62(73-70)49-29-17-6-18-30-49)42-66-67(65)71(59)60-40-53(47-25-13-4-14-26-47)38-58-56-36-51(45-21-9-2-10-22-45)32-34-64(56)75(66)69(58)60/h1-43H. The second-order valence-electron chi connectivity index (χ2n) is 20.1. The molecule has 2 aliphatic rings. The highest BCUT2D eigenvalue weighted by atomic mass is 15.0. The van der Waals surface area contributed by atoms with Crippen molar-refractivity contribution in [2.24, 2.45) is 0 Å². The summed E-state index contributed by atoms with van der Waals surface area (Å²) < 4.78 is 5.15. The SMILES string of the molecule is c1ccc(-c2ccc3c(c2)c2cc(-c4ccccc4)cc4c2n3-c2cc(-c3nc(-c5ccccc5)cc(-c5ccccc5)n3)cc3c2B4c2cc(-c4ccccc4)cc4c5cc(-c6ccccc6)ccc5n-3c24)cc1. The summed E-state index contributed by atoms with van der Waals surface area (Å²) in [6.07, 6.45) is 0. The van der Waals surface area contributed by atoms with Gasteiger partial charge in [-0.3, -0.25) is 0 Å². The third-order valence-electron chi connectivity index (χ3n) is 15.9. The van der Waals surface area contributed by atoms with Gasteiger partial charge in [0.1, 0.15) is 0 Å². The summed E-state index contributed by atoms with van der Waals surface area (Å²) in [6.45, 7) is -0.117. The molecule has 0 radical (unpaired) electrons. The predicted octanol–water partition coefficient (Wildman–Crippen LogP) is 15.5. The van der Waals surface area contributed by atoms with E-state index in [1.807, 2.05) is 0 Å². The maximum atomic E-state index is 5.50. The Bertz CT molecular complexity index is 4320. The summed E-state index contributed by atoms with van der Waals surface area (Å²) in [5.74, 6) is 0.680. The van der Waals surface area contributed by atoms with Crippen molar-refractivity contribution < 1.29 is 0 Å². The zero-order valence-electron chi connectivity index (χ0n) is 40.7. The summed E-state index contributed by atoms with van der Waals surface area (Å²) in [4.78, 5) is 11.0. The summed E-state index contributed by atoms with van der Waals surface area (Å²) >= 11 is 0. The van der Waals surface area contributed by atoms with Crippen molar-refractivity contribution in [3.63, 3.8) is 0 Å². The molecule has 11 aromatic carbocycles. The molecule has 0 aliphatic carbocycles. The molecule has 0 N–H and O–H groups in total. The number of fused-ring (bicyclic) bond motifs is 10. The van der Waals surface area contributed by atoms with E-state index in [1.54, 1.807) is 0 Å². The van der Waals surface area contributed by atoms with Crippen LogP contribution in [0.1, 0.15) is 0 Å². The van der Waals surface area contributed by atoms with Crippen molar-refractivity contribution in [1.82, 2.24) is 19.1 Å². The molecule has 0 unspecified atom stereocenters. The molecule has 0 amide bonds. The Balaban J connectivity index is 1.07. The fraction of sp³-hybridized carbons (Fsp3) is 0. The van der Waals surface area contributed by atoms with E-state index in [9.17, 15) is 0 Å². The van der Waals surface area contributed by atoms with E-state index in [-0.39, 0.29) is 6.71 Å². The minimum absolute atomic E-state index is 0.117. The Morgan fingerprint density at radius 2 is 0.613 bits per heavy atom. The Kier molecular flexibility index (Phi) is 9.10. The van der Waals surface area contributed by atoms with Crippen LogP contribution in [-0.4, -0.2) is 25.8 Å². The van der Waals surface area contributed by atoms with E-state index < -0.39 is 0 Å². The van der Waals surface area contributed by atoms with Crippen LogP contribution in [0.15, 0.2) is 261 Å². The highest BCUT2D eigenvalue weighted by Crippen LogP contribution is 2.44. The van der Waals surface area contributed by atoms with Gasteiger partial charge in [0.2, 0.25) is 0 Å². The molecule has 0 bridgehead atoms. The molecule has 14 aromatic rings. The molecule has 0 saturated heterocycles. The summed E-state index contributed by atoms with van der Waals surface area (Å²) in [6, 6.07) is 95.4. The molecule has 0 fully saturated rings. The second kappa shape index (κ2) is 16.3. The van der Waals surface area contributed by atoms with Gasteiger partial charge >= 0.3 is 0 Å². The van der Waals surface area contributed by atoms with Crippen LogP contribution in [0.2, 0.25) is 0 Å². The molecule has 0 saturated carbocycles. The van der Waals surface area contributed by atoms with Gasteiger partial charge in [0.25, 0.3) is 6.71 Å². The van der Waals surface area contributed by atoms with E-state index in [0.29, 0.717) is 5.82 Å². The topological polar surface area (TPSA) is 35.6 Å². The zero-order valence-corrected chi connectivity index (χ0v) is 40.7. The zero-order chi connectivity index (χ0) is 49.1.